The van der Waals surface area contributed by atoms with Crippen LogP contribution in [0.25, 0.3) is 21.5 Å². The van der Waals surface area contributed by atoms with E-state index in [0.29, 0.717) is 58.2 Å². The third-order valence-electron chi connectivity index (χ3n) is 7.62. The van der Waals surface area contributed by atoms with Crippen LogP contribution >= 0.6 is 0 Å². The number of rotatable bonds is 7. The summed E-state index contributed by atoms with van der Waals surface area (Å²) in [4.78, 5) is 67.3. The molecule has 0 saturated heterocycles. The molecule has 0 aromatic heterocycles. The van der Waals surface area contributed by atoms with Crippen molar-refractivity contribution in [2.24, 2.45) is 0 Å². The predicted molar refractivity (Wildman–Crippen MR) is 167 cm³/mol. The van der Waals surface area contributed by atoms with E-state index in [1.807, 2.05) is 50.1 Å². The van der Waals surface area contributed by atoms with E-state index >= 15 is 0 Å². The Labute approximate surface area is 253 Å². The lowest BCUT2D eigenvalue weighted by Crippen LogP contribution is -2.43. The van der Waals surface area contributed by atoms with Crippen molar-refractivity contribution in [2.75, 3.05) is 60.1 Å². The van der Waals surface area contributed by atoms with Crippen molar-refractivity contribution in [1.82, 2.24) is 19.6 Å². The van der Waals surface area contributed by atoms with Crippen LogP contribution in [0.5, 0.6) is 0 Å². The third-order valence-corrected chi connectivity index (χ3v) is 7.62. The lowest BCUT2D eigenvalue weighted by Gasteiger charge is -2.28. The van der Waals surface area contributed by atoms with Crippen molar-refractivity contribution in [1.29, 1.82) is 0 Å². The maximum absolute atomic E-state index is 12.7. The van der Waals surface area contributed by atoms with Crippen LogP contribution in [0, 0.1) is 10.1 Å². The summed E-state index contributed by atoms with van der Waals surface area (Å²) >= 11 is 0. The van der Waals surface area contributed by atoms with Crippen molar-refractivity contribution in [3.8, 4) is 0 Å². The SMILES string of the molecule is CN(C)CCN1C(=O)c2cccc3cc(N)cc(c23)C1=O.CN(C)CCN1C(=O)c2cccc3cc([N+](=O)[O-])cc(c23)C1=O. The normalized spacial score (nSPS) is 14.1. The Hall–Kier alpha value is -5.20. The summed E-state index contributed by atoms with van der Waals surface area (Å²) in [6, 6.07) is 16.5. The molecule has 0 spiro atoms. The number of nitro groups is 1. The van der Waals surface area contributed by atoms with Gasteiger partial charge in [-0.2, -0.15) is 0 Å². The van der Waals surface area contributed by atoms with Crippen LogP contribution in [0.2, 0.25) is 0 Å². The van der Waals surface area contributed by atoms with Gasteiger partial charge in [0.2, 0.25) is 0 Å². The standard InChI is InChI=1S/C16H15N3O4.C16H17N3O2/c1-17(2)6-7-18-15(20)12-5-3-4-10-8-11(19(22)23)9-13(14(10)12)16(18)21;1-18(2)6-7-19-15(20)12-5-3-4-10-8-11(17)9-13(14(10)12)16(19)21/h3-5,8-9H,6-7H2,1-2H3;3-5,8-9H,6-7,17H2,1-2H3. The Bertz CT molecular complexity index is 1870. The largest absolute Gasteiger partial charge is 0.399 e. The molecule has 0 unspecified atom stereocenters. The number of hydrogen-bond donors (Lipinski definition) is 1. The molecule has 0 atom stereocenters. The highest BCUT2D eigenvalue weighted by Crippen LogP contribution is 2.34. The summed E-state index contributed by atoms with van der Waals surface area (Å²) in [5.41, 5.74) is 7.96. The fraction of sp³-hybridized carbons (Fsp3) is 0.250. The van der Waals surface area contributed by atoms with Gasteiger partial charge in [-0.25, -0.2) is 0 Å². The molecule has 12 heteroatoms. The highest BCUT2D eigenvalue weighted by molar-refractivity contribution is 6.26. The first-order valence-electron chi connectivity index (χ1n) is 13.9. The molecule has 0 bridgehead atoms. The quantitative estimate of drug-likeness (QED) is 0.146. The Morgan fingerprint density at radius 3 is 1.55 bits per heavy atom. The van der Waals surface area contributed by atoms with E-state index in [4.69, 9.17) is 5.73 Å². The Kier molecular flexibility index (Phi) is 8.13. The molecule has 4 aromatic carbocycles. The van der Waals surface area contributed by atoms with Crippen LogP contribution < -0.4 is 5.73 Å². The molecule has 226 valence electrons. The third kappa shape index (κ3) is 5.48. The van der Waals surface area contributed by atoms with E-state index in [2.05, 4.69) is 0 Å². The maximum Gasteiger partial charge on any atom is 0.270 e. The number of nitro benzene ring substituents is 1. The summed E-state index contributed by atoms with van der Waals surface area (Å²) in [7, 11) is 7.51. The fourth-order valence-corrected chi connectivity index (χ4v) is 5.43. The molecule has 44 heavy (non-hydrogen) atoms. The molecule has 2 aliphatic heterocycles. The van der Waals surface area contributed by atoms with Gasteiger partial charge in [-0.15, -0.1) is 0 Å². The average Bonchev–Trinajstić information content (AvgIpc) is 2.97. The van der Waals surface area contributed by atoms with Gasteiger partial charge in [0.05, 0.1) is 16.1 Å². The number of imide groups is 2. The molecule has 2 aliphatic rings. The van der Waals surface area contributed by atoms with E-state index in [1.165, 1.54) is 17.0 Å². The zero-order chi connectivity index (χ0) is 31.9. The van der Waals surface area contributed by atoms with Crippen LogP contribution in [0.4, 0.5) is 11.4 Å². The summed E-state index contributed by atoms with van der Waals surface area (Å²) < 4.78 is 0. The number of nitrogen functional groups attached to an aromatic ring is 1. The summed E-state index contributed by atoms with van der Waals surface area (Å²) in [5, 5.41) is 13.7. The number of hydrogen-bond acceptors (Lipinski definition) is 9. The van der Waals surface area contributed by atoms with Gasteiger partial charge >= 0.3 is 0 Å². The van der Waals surface area contributed by atoms with Crippen molar-refractivity contribution >= 4 is 56.5 Å². The number of carbonyl (C=O) groups excluding carboxylic acids is 4. The average molecular weight is 597 g/mol. The number of nitrogens with two attached hydrogens (primary N) is 1. The van der Waals surface area contributed by atoms with Gasteiger partial charge in [0.15, 0.2) is 0 Å². The number of likely N-dealkylation sites (N-methyl/N-ethyl adjacent to an activating group) is 2. The molecule has 2 heterocycles. The van der Waals surface area contributed by atoms with Gasteiger partial charge in [-0.1, -0.05) is 24.3 Å². The lowest BCUT2D eigenvalue weighted by atomic mass is 9.93. The second-order valence-corrected chi connectivity index (χ2v) is 11.3. The van der Waals surface area contributed by atoms with Crippen LogP contribution in [0.15, 0.2) is 60.7 Å². The monoisotopic (exact) mass is 596 g/mol. The first kappa shape index (κ1) is 30.3. The van der Waals surface area contributed by atoms with Crippen LogP contribution in [-0.2, 0) is 0 Å². The highest BCUT2D eigenvalue weighted by Gasteiger charge is 2.34. The second-order valence-electron chi connectivity index (χ2n) is 11.3. The zero-order valence-electron chi connectivity index (χ0n) is 24.9. The first-order valence-corrected chi connectivity index (χ1v) is 13.9. The highest BCUT2D eigenvalue weighted by atomic mass is 16.6. The van der Waals surface area contributed by atoms with Gasteiger partial charge < -0.3 is 15.5 Å². The number of benzene rings is 4. The molecule has 4 aromatic rings. The molecule has 2 N–H and O–H groups in total. The van der Waals surface area contributed by atoms with E-state index in [1.54, 1.807) is 36.4 Å². The second kappa shape index (κ2) is 11.8. The molecular weight excluding hydrogens is 564 g/mol. The van der Waals surface area contributed by atoms with Gasteiger partial charge in [0.25, 0.3) is 29.3 Å². The minimum Gasteiger partial charge on any atom is -0.399 e. The van der Waals surface area contributed by atoms with Crippen LogP contribution in [0.3, 0.4) is 0 Å². The molecule has 12 nitrogen and oxygen atoms in total. The lowest BCUT2D eigenvalue weighted by molar-refractivity contribution is -0.384. The van der Waals surface area contributed by atoms with E-state index in [9.17, 15) is 29.3 Å². The number of carbonyl (C=O) groups is 4. The molecule has 6 rings (SSSR count). The number of nitrogens with zero attached hydrogens (tertiary/aromatic N) is 5. The van der Waals surface area contributed by atoms with Gasteiger partial charge in [-0.3, -0.25) is 39.1 Å². The summed E-state index contributed by atoms with van der Waals surface area (Å²) in [6.45, 7) is 1.77. The molecule has 0 aliphatic carbocycles. The Morgan fingerprint density at radius 1 is 0.659 bits per heavy atom. The molecule has 0 saturated carbocycles. The van der Waals surface area contributed by atoms with Crippen molar-refractivity contribution < 1.29 is 24.1 Å². The fourth-order valence-electron chi connectivity index (χ4n) is 5.43. The predicted octanol–water partition coefficient (Wildman–Crippen LogP) is 3.49. The van der Waals surface area contributed by atoms with E-state index in [0.717, 1.165) is 10.3 Å². The van der Waals surface area contributed by atoms with Crippen LogP contribution in [0.1, 0.15) is 41.4 Å². The molecule has 0 fully saturated rings. The number of non-ortho nitro benzene ring substituents is 1. The van der Waals surface area contributed by atoms with Crippen molar-refractivity contribution in [2.45, 2.75) is 0 Å². The van der Waals surface area contributed by atoms with Crippen LogP contribution in [-0.4, -0.2) is 103 Å². The summed E-state index contributed by atoms with van der Waals surface area (Å²) in [5.74, 6) is -1.34. The maximum atomic E-state index is 12.7. The molecule has 4 amide bonds. The molecule has 0 radical (unpaired) electrons. The Morgan fingerprint density at radius 2 is 1.09 bits per heavy atom. The minimum absolute atomic E-state index is 0.153. The van der Waals surface area contributed by atoms with E-state index in [-0.39, 0.29) is 35.5 Å². The first-order chi connectivity index (χ1) is 20.9. The smallest absolute Gasteiger partial charge is 0.270 e. The van der Waals surface area contributed by atoms with Crippen molar-refractivity contribution in [3.05, 3.63) is 93.0 Å². The van der Waals surface area contributed by atoms with Gasteiger partial charge in [0.1, 0.15) is 0 Å². The topological polar surface area (TPSA) is 150 Å². The number of amides is 4. The summed E-state index contributed by atoms with van der Waals surface area (Å²) in [6.07, 6.45) is 0. The minimum atomic E-state index is -0.531. The zero-order valence-corrected chi connectivity index (χ0v) is 24.9. The van der Waals surface area contributed by atoms with Crippen molar-refractivity contribution in [3.63, 3.8) is 0 Å². The van der Waals surface area contributed by atoms with Gasteiger partial charge in [0, 0.05) is 65.9 Å². The van der Waals surface area contributed by atoms with Gasteiger partial charge in [-0.05, 0) is 63.2 Å². The van der Waals surface area contributed by atoms with E-state index < -0.39 is 10.8 Å². The molecular formula is C32H32N6O6. The Balaban J connectivity index is 0.000000175. The number of anilines is 1.